The fourth-order valence-electron chi connectivity index (χ4n) is 2.17. The lowest BCUT2D eigenvalue weighted by molar-refractivity contribution is 0.0951. The zero-order chi connectivity index (χ0) is 16.1. The highest BCUT2D eigenvalue weighted by atomic mass is 16.1. The van der Waals surface area contributed by atoms with Crippen molar-refractivity contribution in [2.24, 2.45) is 0 Å². The molecule has 3 heterocycles. The third-order valence-corrected chi connectivity index (χ3v) is 3.40. The molecule has 0 aliphatic carbocycles. The Morgan fingerprint density at radius 1 is 0.957 bits per heavy atom. The molecular formula is C18H16N4O. The molecule has 3 aromatic rings. The first-order valence-corrected chi connectivity index (χ1v) is 7.28. The summed E-state index contributed by atoms with van der Waals surface area (Å²) in [5.74, 6) is -0.141. The fourth-order valence-corrected chi connectivity index (χ4v) is 2.17. The van der Waals surface area contributed by atoms with Gasteiger partial charge in [-0.3, -0.25) is 19.7 Å². The maximum atomic E-state index is 12.3. The molecule has 5 heteroatoms. The van der Waals surface area contributed by atoms with Gasteiger partial charge >= 0.3 is 0 Å². The summed E-state index contributed by atoms with van der Waals surface area (Å²) in [7, 11) is 0. The zero-order valence-corrected chi connectivity index (χ0v) is 12.7. The van der Waals surface area contributed by atoms with Crippen molar-refractivity contribution in [3.63, 3.8) is 0 Å². The Kier molecular flexibility index (Phi) is 4.38. The fraction of sp³-hybridized carbons (Fsp3) is 0.111. The van der Waals surface area contributed by atoms with Gasteiger partial charge in [0.25, 0.3) is 5.91 Å². The van der Waals surface area contributed by atoms with Crippen LogP contribution in [0.3, 0.4) is 0 Å². The molecule has 0 aliphatic heterocycles. The zero-order valence-electron chi connectivity index (χ0n) is 12.7. The van der Waals surface area contributed by atoms with Crippen molar-refractivity contribution in [1.82, 2.24) is 20.3 Å². The Balaban J connectivity index is 1.75. The molecule has 0 bridgehead atoms. The van der Waals surface area contributed by atoms with E-state index in [1.807, 2.05) is 31.2 Å². The van der Waals surface area contributed by atoms with Gasteiger partial charge in [-0.05, 0) is 54.4 Å². The van der Waals surface area contributed by atoms with E-state index < -0.39 is 0 Å². The van der Waals surface area contributed by atoms with Gasteiger partial charge < -0.3 is 5.32 Å². The van der Waals surface area contributed by atoms with Crippen LogP contribution in [0.2, 0.25) is 0 Å². The van der Waals surface area contributed by atoms with E-state index in [0.717, 1.165) is 16.8 Å². The number of amides is 1. The van der Waals surface area contributed by atoms with Gasteiger partial charge in [-0.1, -0.05) is 0 Å². The standard InChI is InChI=1S/C18H16N4O/c1-13-2-8-20-16(10-13)17-11-15(5-9-21-17)18(23)22-12-14-3-6-19-7-4-14/h2-11H,12H2,1H3,(H,22,23). The van der Waals surface area contributed by atoms with E-state index in [9.17, 15) is 4.79 Å². The molecule has 5 nitrogen and oxygen atoms in total. The molecular weight excluding hydrogens is 288 g/mol. The van der Waals surface area contributed by atoms with E-state index in [1.165, 1.54) is 0 Å². The quantitative estimate of drug-likeness (QED) is 0.805. The highest BCUT2D eigenvalue weighted by Gasteiger charge is 2.08. The van der Waals surface area contributed by atoms with Gasteiger partial charge in [-0.2, -0.15) is 0 Å². The normalized spacial score (nSPS) is 10.3. The van der Waals surface area contributed by atoms with Crippen LogP contribution in [0.25, 0.3) is 11.4 Å². The number of nitrogens with one attached hydrogen (secondary N) is 1. The van der Waals surface area contributed by atoms with Crippen molar-refractivity contribution in [3.05, 3.63) is 77.9 Å². The summed E-state index contributed by atoms with van der Waals surface area (Å²) < 4.78 is 0. The van der Waals surface area contributed by atoms with Gasteiger partial charge in [0, 0.05) is 36.9 Å². The Morgan fingerprint density at radius 2 is 1.65 bits per heavy atom. The van der Waals surface area contributed by atoms with Gasteiger partial charge in [0.15, 0.2) is 0 Å². The van der Waals surface area contributed by atoms with Crippen molar-refractivity contribution in [3.8, 4) is 11.4 Å². The molecule has 0 saturated heterocycles. The van der Waals surface area contributed by atoms with E-state index in [1.54, 1.807) is 36.9 Å². The van der Waals surface area contributed by atoms with Gasteiger partial charge in [0.2, 0.25) is 0 Å². The lowest BCUT2D eigenvalue weighted by Gasteiger charge is -2.07. The molecule has 0 fully saturated rings. The summed E-state index contributed by atoms with van der Waals surface area (Å²) in [4.78, 5) is 24.9. The molecule has 1 N–H and O–H groups in total. The van der Waals surface area contributed by atoms with Gasteiger partial charge in [0.05, 0.1) is 11.4 Å². The van der Waals surface area contributed by atoms with Crippen LogP contribution in [0.5, 0.6) is 0 Å². The second-order valence-electron chi connectivity index (χ2n) is 5.19. The predicted octanol–water partition coefficient (Wildman–Crippen LogP) is 2.78. The minimum Gasteiger partial charge on any atom is -0.348 e. The van der Waals surface area contributed by atoms with Crippen LogP contribution in [0.1, 0.15) is 21.5 Å². The Labute approximate surface area is 134 Å². The second-order valence-corrected chi connectivity index (χ2v) is 5.19. The minimum absolute atomic E-state index is 0.141. The molecule has 0 aliphatic rings. The van der Waals surface area contributed by atoms with E-state index in [4.69, 9.17) is 0 Å². The first kappa shape index (κ1) is 14.8. The number of pyridine rings is 3. The number of rotatable bonds is 4. The topological polar surface area (TPSA) is 67.8 Å². The summed E-state index contributed by atoms with van der Waals surface area (Å²) in [6, 6.07) is 11.1. The van der Waals surface area contributed by atoms with Crippen LogP contribution >= 0.6 is 0 Å². The van der Waals surface area contributed by atoms with Crippen LogP contribution in [0.15, 0.2) is 61.2 Å². The highest BCUT2D eigenvalue weighted by Crippen LogP contribution is 2.16. The third kappa shape index (κ3) is 3.77. The van der Waals surface area contributed by atoms with Crippen molar-refractivity contribution >= 4 is 5.91 Å². The molecule has 0 atom stereocenters. The minimum atomic E-state index is -0.141. The maximum Gasteiger partial charge on any atom is 0.251 e. The first-order valence-electron chi connectivity index (χ1n) is 7.28. The summed E-state index contributed by atoms with van der Waals surface area (Å²) in [6.45, 7) is 2.46. The third-order valence-electron chi connectivity index (χ3n) is 3.40. The molecule has 1 amide bonds. The van der Waals surface area contributed by atoms with Crippen LogP contribution in [-0.4, -0.2) is 20.9 Å². The SMILES string of the molecule is Cc1ccnc(-c2cc(C(=O)NCc3ccncc3)ccn2)c1. The number of carbonyl (C=O) groups is 1. The summed E-state index contributed by atoms with van der Waals surface area (Å²) in [5.41, 5.74) is 4.11. The van der Waals surface area contributed by atoms with Gasteiger partial charge in [-0.15, -0.1) is 0 Å². The van der Waals surface area contributed by atoms with Crippen LogP contribution < -0.4 is 5.32 Å². The highest BCUT2D eigenvalue weighted by molar-refractivity contribution is 5.94. The average Bonchev–Trinajstić information content (AvgIpc) is 2.61. The summed E-state index contributed by atoms with van der Waals surface area (Å²) >= 11 is 0. The Morgan fingerprint density at radius 3 is 2.39 bits per heavy atom. The molecule has 0 unspecified atom stereocenters. The van der Waals surface area contributed by atoms with Crippen molar-refractivity contribution < 1.29 is 4.79 Å². The Bertz CT molecular complexity index is 818. The van der Waals surface area contributed by atoms with Crippen LogP contribution in [0.4, 0.5) is 0 Å². The summed E-state index contributed by atoms with van der Waals surface area (Å²) in [5, 5.41) is 2.89. The van der Waals surface area contributed by atoms with E-state index in [-0.39, 0.29) is 5.91 Å². The molecule has 0 aromatic carbocycles. The van der Waals surface area contributed by atoms with Crippen molar-refractivity contribution in [2.45, 2.75) is 13.5 Å². The van der Waals surface area contributed by atoms with Crippen LogP contribution in [0, 0.1) is 6.92 Å². The number of hydrogen-bond donors (Lipinski definition) is 1. The van der Waals surface area contributed by atoms with Gasteiger partial charge in [-0.25, -0.2) is 0 Å². The molecule has 23 heavy (non-hydrogen) atoms. The second kappa shape index (κ2) is 6.79. The first-order chi connectivity index (χ1) is 11.2. The predicted molar refractivity (Wildman–Crippen MR) is 87.6 cm³/mol. The van der Waals surface area contributed by atoms with E-state index >= 15 is 0 Å². The smallest absolute Gasteiger partial charge is 0.251 e. The summed E-state index contributed by atoms with van der Waals surface area (Å²) in [6.07, 6.45) is 6.77. The van der Waals surface area contributed by atoms with Crippen LogP contribution in [-0.2, 0) is 6.54 Å². The number of nitrogens with zero attached hydrogens (tertiary/aromatic N) is 3. The molecule has 0 saturated carbocycles. The largest absolute Gasteiger partial charge is 0.348 e. The maximum absolute atomic E-state index is 12.3. The number of aromatic nitrogens is 3. The van der Waals surface area contributed by atoms with Gasteiger partial charge in [0.1, 0.15) is 0 Å². The molecule has 0 spiro atoms. The van der Waals surface area contributed by atoms with E-state index in [2.05, 4.69) is 20.3 Å². The van der Waals surface area contributed by atoms with E-state index in [0.29, 0.717) is 17.8 Å². The number of carbonyl (C=O) groups excluding carboxylic acids is 1. The molecule has 0 radical (unpaired) electrons. The lowest BCUT2D eigenvalue weighted by Crippen LogP contribution is -2.22. The van der Waals surface area contributed by atoms with Crippen molar-refractivity contribution in [2.75, 3.05) is 0 Å². The lowest BCUT2D eigenvalue weighted by atomic mass is 10.1. The Hall–Kier alpha value is -3.08. The average molecular weight is 304 g/mol. The molecule has 3 aromatic heterocycles. The monoisotopic (exact) mass is 304 g/mol. The number of hydrogen-bond acceptors (Lipinski definition) is 4. The number of aryl methyl sites for hydroxylation is 1. The molecule has 3 rings (SSSR count). The molecule has 114 valence electrons. The van der Waals surface area contributed by atoms with Crippen molar-refractivity contribution in [1.29, 1.82) is 0 Å².